The lowest BCUT2D eigenvalue weighted by atomic mass is 9.86. The van der Waals surface area contributed by atoms with Gasteiger partial charge in [-0.05, 0) is 6.08 Å². The smallest absolute Gasteiger partial charge is 0.418 e. The molecule has 1 fully saturated rings. The number of carbonyl (C=O) groups is 2. The second-order valence-electron chi connectivity index (χ2n) is 5.06. The minimum Gasteiger partial charge on any atom is -0.431 e. The maximum atomic E-state index is 12.2. The maximum Gasteiger partial charge on any atom is 0.418 e. The molecule has 4 heteroatoms. The quantitative estimate of drug-likeness (QED) is 0.817. The summed E-state index contributed by atoms with van der Waals surface area (Å²) in [6.45, 7) is 3.56. The molecule has 3 rings (SSSR count). The fourth-order valence-corrected chi connectivity index (χ4v) is 2.68. The molecule has 1 heterocycles. The van der Waals surface area contributed by atoms with Gasteiger partial charge in [0.1, 0.15) is 0 Å². The molecule has 22 heavy (non-hydrogen) atoms. The third-order valence-electron chi connectivity index (χ3n) is 3.78. The van der Waals surface area contributed by atoms with E-state index in [9.17, 15) is 9.59 Å². The maximum absolute atomic E-state index is 12.2. The molecule has 1 aliphatic heterocycles. The van der Waals surface area contributed by atoms with Gasteiger partial charge in [0, 0.05) is 11.1 Å². The summed E-state index contributed by atoms with van der Waals surface area (Å²) in [4.78, 5) is 25.1. The highest BCUT2D eigenvalue weighted by Gasteiger charge is 2.49. The number of nitrogens with zero attached hydrogens (tertiary/aromatic N) is 1. The van der Waals surface area contributed by atoms with Gasteiger partial charge in [0.25, 0.3) is 5.91 Å². The van der Waals surface area contributed by atoms with Crippen LogP contribution in [0.15, 0.2) is 73.3 Å². The molecule has 4 nitrogen and oxygen atoms in total. The summed E-state index contributed by atoms with van der Waals surface area (Å²) >= 11 is 0. The van der Waals surface area contributed by atoms with Crippen LogP contribution >= 0.6 is 0 Å². The van der Waals surface area contributed by atoms with Crippen LogP contribution < -0.4 is 0 Å². The van der Waals surface area contributed by atoms with E-state index in [1.54, 1.807) is 0 Å². The van der Waals surface area contributed by atoms with Gasteiger partial charge in [0.2, 0.25) is 0 Å². The Kier molecular flexibility index (Phi) is 3.51. The zero-order chi connectivity index (χ0) is 15.6. The molecule has 2 aromatic carbocycles. The van der Waals surface area contributed by atoms with E-state index < -0.39 is 17.6 Å². The lowest BCUT2D eigenvalue weighted by Gasteiger charge is -2.27. The molecule has 0 N–H and O–H groups in total. The number of ether oxygens (including phenoxy) is 1. The van der Waals surface area contributed by atoms with Crippen LogP contribution in [0.25, 0.3) is 0 Å². The van der Waals surface area contributed by atoms with Crippen LogP contribution in [0.3, 0.4) is 0 Å². The SMILES string of the molecule is C=CC(=O)N1CC(c2ccccc2)(c2ccccc2)OC1=O. The Balaban J connectivity index is 2.13. The Hall–Kier alpha value is -2.88. The molecule has 2 amide bonds. The van der Waals surface area contributed by atoms with Crippen molar-refractivity contribution in [2.24, 2.45) is 0 Å². The van der Waals surface area contributed by atoms with E-state index in [1.807, 2.05) is 60.7 Å². The van der Waals surface area contributed by atoms with Crippen molar-refractivity contribution >= 4 is 12.0 Å². The summed E-state index contributed by atoms with van der Waals surface area (Å²) < 4.78 is 5.68. The molecule has 0 aromatic heterocycles. The van der Waals surface area contributed by atoms with Crippen molar-refractivity contribution < 1.29 is 14.3 Å². The van der Waals surface area contributed by atoms with E-state index >= 15 is 0 Å². The summed E-state index contributed by atoms with van der Waals surface area (Å²) in [6.07, 6.45) is 0.463. The van der Waals surface area contributed by atoms with Gasteiger partial charge in [-0.2, -0.15) is 0 Å². The molecule has 0 atom stereocenters. The van der Waals surface area contributed by atoms with Crippen molar-refractivity contribution in [3.05, 3.63) is 84.4 Å². The van der Waals surface area contributed by atoms with E-state index in [2.05, 4.69) is 6.58 Å². The number of amides is 2. The summed E-state index contributed by atoms with van der Waals surface area (Å²) in [7, 11) is 0. The molecule has 110 valence electrons. The van der Waals surface area contributed by atoms with Gasteiger partial charge in [0.05, 0.1) is 6.54 Å². The van der Waals surface area contributed by atoms with Crippen molar-refractivity contribution in [3.63, 3.8) is 0 Å². The average molecular weight is 293 g/mol. The van der Waals surface area contributed by atoms with Crippen LogP contribution in [-0.2, 0) is 15.1 Å². The van der Waals surface area contributed by atoms with E-state index in [0.29, 0.717) is 0 Å². The standard InChI is InChI=1S/C18H15NO3/c1-2-16(20)19-13-18(22-17(19)21,14-9-5-3-6-10-14)15-11-7-4-8-12-15/h2-12H,1,13H2. The highest BCUT2D eigenvalue weighted by Crippen LogP contribution is 2.39. The van der Waals surface area contributed by atoms with Gasteiger partial charge in [-0.25, -0.2) is 9.69 Å². The monoisotopic (exact) mass is 293 g/mol. The van der Waals surface area contributed by atoms with Crippen LogP contribution in [0.5, 0.6) is 0 Å². The zero-order valence-corrected chi connectivity index (χ0v) is 11.9. The van der Waals surface area contributed by atoms with Gasteiger partial charge in [-0.1, -0.05) is 67.2 Å². The minimum absolute atomic E-state index is 0.130. The average Bonchev–Trinajstić information content (AvgIpc) is 2.94. The Labute approximate surface area is 128 Å². The number of cyclic esters (lactones) is 1. The topological polar surface area (TPSA) is 46.6 Å². The van der Waals surface area contributed by atoms with Crippen molar-refractivity contribution in [1.82, 2.24) is 4.90 Å². The first-order chi connectivity index (χ1) is 10.7. The van der Waals surface area contributed by atoms with Gasteiger partial charge in [-0.15, -0.1) is 0 Å². The van der Waals surface area contributed by atoms with E-state index in [0.717, 1.165) is 22.1 Å². The molecule has 1 saturated heterocycles. The molecular formula is C18H15NO3. The third kappa shape index (κ3) is 2.19. The predicted molar refractivity (Wildman–Crippen MR) is 82.1 cm³/mol. The summed E-state index contributed by atoms with van der Waals surface area (Å²) in [5, 5.41) is 0. The summed E-state index contributed by atoms with van der Waals surface area (Å²) in [5.74, 6) is -0.460. The van der Waals surface area contributed by atoms with Crippen LogP contribution in [0.1, 0.15) is 11.1 Å². The number of hydrogen-bond donors (Lipinski definition) is 0. The minimum atomic E-state index is -0.988. The molecule has 0 unspecified atom stereocenters. The number of rotatable bonds is 3. The van der Waals surface area contributed by atoms with Crippen LogP contribution in [0, 0.1) is 0 Å². The highest BCUT2D eigenvalue weighted by atomic mass is 16.6. The van der Waals surface area contributed by atoms with Gasteiger partial charge in [0.15, 0.2) is 5.60 Å². The van der Waals surface area contributed by atoms with Crippen LogP contribution in [0.4, 0.5) is 4.79 Å². The van der Waals surface area contributed by atoms with Gasteiger partial charge < -0.3 is 4.74 Å². The Morgan fingerprint density at radius 1 is 1.05 bits per heavy atom. The Morgan fingerprint density at radius 2 is 1.55 bits per heavy atom. The second-order valence-corrected chi connectivity index (χ2v) is 5.06. The first kappa shape index (κ1) is 14.1. The van der Waals surface area contributed by atoms with E-state index in [-0.39, 0.29) is 6.54 Å². The summed E-state index contributed by atoms with van der Waals surface area (Å²) in [6, 6.07) is 18.9. The fraction of sp³-hybridized carbons (Fsp3) is 0.111. The van der Waals surface area contributed by atoms with E-state index in [1.165, 1.54) is 0 Å². The largest absolute Gasteiger partial charge is 0.431 e. The fourth-order valence-electron chi connectivity index (χ4n) is 2.68. The van der Waals surface area contributed by atoms with Gasteiger partial charge >= 0.3 is 6.09 Å². The molecule has 0 bridgehead atoms. The van der Waals surface area contributed by atoms with Crippen molar-refractivity contribution in [2.45, 2.75) is 5.60 Å². The molecule has 1 aliphatic rings. The first-order valence-corrected chi connectivity index (χ1v) is 6.95. The third-order valence-corrected chi connectivity index (χ3v) is 3.78. The molecule has 2 aromatic rings. The first-order valence-electron chi connectivity index (χ1n) is 6.95. The van der Waals surface area contributed by atoms with Crippen molar-refractivity contribution in [1.29, 1.82) is 0 Å². The predicted octanol–water partition coefficient (Wildman–Crippen LogP) is 3.10. The normalized spacial score (nSPS) is 16.2. The summed E-state index contributed by atoms with van der Waals surface area (Å²) in [5.41, 5.74) is 0.668. The molecule has 0 spiro atoms. The number of benzene rings is 2. The van der Waals surface area contributed by atoms with Crippen LogP contribution in [0.2, 0.25) is 0 Å². The number of carbonyl (C=O) groups excluding carboxylic acids is 2. The van der Waals surface area contributed by atoms with Gasteiger partial charge in [-0.3, -0.25) is 4.79 Å². The van der Waals surface area contributed by atoms with Crippen molar-refractivity contribution in [2.75, 3.05) is 6.54 Å². The zero-order valence-electron chi connectivity index (χ0n) is 11.9. The van der Waals surface area contributed by atoms with Crippen LogP contribution in [-0.4, -0.2) is 23.4 Å². The number of hydrogen-bond acceptors (Lipinski definition) is 3. The molecule has 0 saturated carbocycles. The Bertz CT molecular complexity index is 670. The lowest BCUT2D eigenvalue weighted by Crippen LogP contribution is -2.35. The molecule has 0 radical (unpaired) electrons. The molecule has 0 aliphatic carbocycles. The Morgan fingerprint density at radius 3 is 2.00 bits per heavy atom. The second kappa shape index (κ2) is 5.48. The highest BCUT2D eigenvalue weighted by molar-refractivity contribution is 5.99. The van der Waals surface area contributed by atoms with Crippen molar-refractivity contribution in [3.8, 4) is 0 Å². The molecular weight excluding hydrogens is 278 g/mol. The lowest BCUT2D eigenvalue weighted by molar-refractivity contribution is -0.122. The number of imide groups is 1. The van der Waals surface area contributed by atoms with E-state index in [4.69, 9.17) is 4.74 Å².